The number of halogens is 3. The maximum Gasteiger partial charge on any atom is 0.195 e. The van der Waals surface area contributed by atoms with Gasteiger partial charge in [-0.25, -0.2) is 0 Å². The SMILES string of the molecule is O[C@@H](CSc1nnc2c(Cl)cc(Cl)cn12)c1ccccc1Cl. The molecule has 22 heavy (non-hydrogen) atoms. The summed E-state index contributed by atoms with van der Waals surface area (Å²) in [6.07, 6.45) is 0.980. The van der Waals surface area contributed by atoms with Crippen LogP contribution in [0, 0.1) is 0 Å². The first-order valence-electron chi connectivity index (χ1n) is 6.31. The van der Waals surface area contributed by atoms with E-state index in [4.69, 9.17) is 34.8 Å². The van der Waals surface area contributed by atoms with Crippen LogP contribution in [0.2, 0.25) is 15.1 Å². The van der Waals surface area contributed by atoms with Crippen molar-refractivity contribution in [3.63, 3.8) is 0 Å². The normalized spacial score (nSPS) is 12.7. The molecule has 3 aromatic rings. The minimum absolute atomic E-state index is 0.384. The molecule has 0 aliphatic heterocycles. The van der Waals surface area contributed by atoms with Crippen molar-refractivity contribution < 1.29 is 5.11 Å². The van der Waals surface area contributed by atoms with Gasteiger partial charge < -0.3 is 5.11 Å². The van der Waals surface area contributed by atoms with E-state index in [9.17, 15) is 5.11 Å². The van der Waals surface area contributed by atoms with Gasteiger partial charge in [0.1, 0.15) is 0 Å². The number of nitrogens with zero attached hydrogens (tertiary/aromatic N) is 3. The number of thioether (sulfide) groups is 1. The van der Waals surface area contributed by atoms with Gasteiger partial charge in [-0.05, 0) is 17.7 Å². The van der Waals surface area contributed by atoms with Crippen LogP contribution in [-0.4, -0.2) is 25.5 Å². The Kier molecular flexibility index (Phi) is 4.80. The standard InChI is InChI=1S/C14H10Cl3N3OS/c15-8-5-11(17)13-18-19-14(20(13)6-8)22-7-12(21)9-3-1-2-4-10(9)16/h1-6,12,21H,7H2/t12-/m0/s1. The number of pyridine rings is 1. The van der Waals surface area contributed by atoms with Crippen LogP contribution >= 0.6 is 46.6 Å². The van der Waals surface area contributed by atoms with Gasteiger partial charge in [0.25, 0.3) is 0 Å². The van der Waals surface area contributed by atoms with Crippen LogP contribution in [0.4, 0.5) is 0 Å². The monoisotopic (exact) mass is 373 g/mol. The third-order valence-electron chi connectivity index (χ3n) is 3.03. The van der Waals surface area contributed by atoms with Gasteiger partial charge in [-0.1, -0.05) is 64.8 Å². The molecule has 3 rings (SSSR count). The summed E-state index contributed by atoms with van der Waals surface area (Å²) in [5, 5.41) is 20.4. The topological polar surface area (TPSA) is 50.4 Å². The van der Waals surface area contributed by atoms with E-state index >= 15 is 0 Å². The van der Waals surface area contributed by atoms with Crippen LogP contribution in [0.1, 0.15) is 11.7 Å². The lowest BCUT2D eigenvalue weighted by Gasteiger charge is -2.11. The van der Waals surface area contributed by atoms with Crippen LogP contribution in [0.5, 0.6) is 0 Å². The molecule has 1 aromatic carbocycles. The number of fused-ring (bicyclic) bond motifs is 1. The Bertz CT molecular complexity index is 824. The molecule has 0 saturated carbocycles. The molecule has 1 N–H and O–H groups in total. The predicted molar refractivity (Wildman–Crippen MR) is 90.1 cm³/mol. The Balaban J connectivity index is 1.81. The van der Waals surface area contributed by atoms with Gasteiger partial charge in [0, 0.05) is 17.0 Å². The fourth-order valence-corrected chi connectivity index (χ4v) is 3.62. The minimum Gasteiger partial charge on any atom is -0.387 e. The van der Waals surface area contributed by atoms with Crippen LogP contribution in [-0.2, 0) is 0 Å². The molecule has 2 heterocycles. The molecular formula is C14H10Cl3N3OS. The lowest BCUT2D eigenvalue weighted by atomic mass is 10.1. The lowest BCUT2D eigenvalue weighted by Crippen LogP contribution is -2.02. The maximum absolute atomic E-state index is 10.3. The first-order valence-corrected chi connectivity index (χ1v) is 8.43. The summed E-state index contributed by atoms with van der Waals surface area (Å²) in [6.45, 7) is 0. The average molecular weight is 375 g/mol. The van der Waals surface area contributed by atoms with Gasteiger partial charge in [0.05, 0.1) is 16.1 Å². The van der Waals surface area contributed by atoms with Crippen LogP contribution in [0.3, 0.4) is 0 Å². The summed E-state index contributed by atoms with van der Waals surface area (Å²) < 4.78 is 1.70. The molecule has 0 radical (unpaired) electrons. The van der Waals surface area contributed by atoms with Crippen molar-refractivity contribution in [3.05, 3.63) is 57.2 Å². The van der Waals surface area contributed by atoms with Gasteiger partial charge in [0.15, 0.2) is 10.8 Å². The Hall–Kier alpha value is -0.980. The molecule has 0 spiro atoms. The maximum atomic E-state index is 10.3. The third-order valence-corrected chi connectivity index (χ3v) is 4.88. The number of aromatic nitrogens is 3. The Morgan fingerprint density at radius 1 is 1.14 bits per heavy atom. The summed E-state index contributed by atoms with van der Waals surface area (Å²) in [4.78, 5) is 0. The zero-order valence-electron chi connectivity index (χ0n) is 11.1. The molecule has 114 valence electrons. The van der Waals surface area contributed by atoms with E-state index in [0.29, 0.717) is 37.2 Å². The van der Waals surface area contributed by atoms with Gasteiger partial charge in [-0.2, -0.15) is 0 Å². The van der Waals surface area contributed by atoms with E-state index < -0.39 is 6.10 Å². The van der Waals surface area contributed by atoms with Crippen LogP contribution in [0.25, 0.3) is 5.65 Å². The molecule has 8 heteroatoms. The number of benzene rings is 1. The highest BCUT2D eigenvalue weighted by Crippen LogP contribution is 2.30. The van der Waals surface area contributed by atoms with Crippen LogP contribution in [0.15, 0.2) is 41.7 Å². The molecule has 0 aliphatic rings. The lowest BCUT2D eigenvalue weighted by molar-refractivity contribution is 0.204. The van der Waals surface area contributed by atoms with Crippen molar-refractivity contribution in [1.29, 1.82) is 0 Å². The van der Waals surface area contributed by atoms with E-state index in [-0.39, 0.29) is 0 Å². The fourth-order valence-electron chi connectivity index (χ4n) is 1.99. The number of aliphatic hydroxyl groups excluding tert-OH is 1. The van der Waals surface area contributed by atoms with Gasteiger partial charge >= 0.3 is 0 Å². The van der Waals surface area contributed by atoms with Crippen molar-refractivity contribution in [2.24, 2.45) is 0 Å². The molecule has 2 aromatic heterocycles. The largest absolute Gasteiger partial charge is 0.387 e. The highest BCUT2D eigenvalue weighted by molar-refractivity contribution is 7.99. The number of hydrogen-bond donors (Lipinski definition) is 1. The summed E-state index contributed by atoms with van der Waals surface area (Å²) in [6, 6.07) is 8.81. The highest BCUT2D eigenvalue weighted by Gasteiger charge is 2.15. The van der Waals surface area contributed by atoms with Gasteiger partial charge in [0.2, 0.25) is 0 Å². The quantitative estimate of drug-likeness (QED) is 0.682. The molecule has 0 amide bonds. The minimum atomic E-state index is -0.708. The van der Waals surface area contributed by atoms with E-state index in [2.05, 4.69) is 10.2 Å². The highest BCUT2D eigenvalue weighted by atomic mass is 35.5. The van der Waals surface area contributed by atoms with Crippen molar-refractivity contribution in [3.8, 4) is 0 Å². The van der Waals surface area contributed by atoms with Crippen molar-refractivity contribution in [2.75, 3.05) is 5.75 Å². The first kappa shape index (κ1) is 15.9. The summed E-state index contributed by atoms with van der Waals surface area (Å²) >= 11 is 19.5. The van der Waals surface area contributed by atoms with Gasteiger partial charge in [-0.15, -0.1) is 10.2 Å². The second-order valence-electron chi connectivity index (χ2n) is 4.53. The Labute approximate surface area is 146 Å². The summed E-state index contributed by atoms with van der Waals surface area (Å²) in [5.74, 6) is 0.384. The molecular weight excluding hydrogens is 365 g/mol. The zero-order chi connectivity index (χ0) is 15.7. The van der Waals surface area contributed by atoms with Crippen molar-refractivity contribution in [2.45, 2.75) is 11.3 Å². The smallest absolute Gasteiger partial charge is 0.195 e. The molecule has 0 saturated heterocycles. The molecule has 0 fully saturated rings. The van der Waals surface area contributed by atoms with Crippen LogP contribution < -0.4 is 0 Å². The molecule has 0 aliphatic carbocycles. The fraction of sp³-hybridized carbons (Fsp3) is 0.143. The van der Waals surface area contributed by atoms with E-state index in [0.717, 1.165) is 0 Å². The van der Waals surface area contributed by atoms with E-state index in [1.165, 1.54) is 11.8 Å². The molecule has 1 atom stereocenters. The molecule has 0 unspecified atom stereocenters. The predicted octanol–water partition coefficient (Wildman–Crippen LogP) is 4.52. The molecule has 4 nitrogen and oxygen atoms in total. The summed E-state index contributed by atoms with van der Waals surface area (Å²) in [7, 11) is 0. The van der Waals surface area contributed by atoms with Crippen molar-refractivity contribution in [1.82, 2.24) is 14.6 Å². The van der Waals surface area contributed by atoms with Crippen molar-refractivity contribution >= 4 is 52.2 Å². The number of aliphatic hydroxyl groups is 1. The molecule has 0 bridgehead atoms. The van der Waals surface area contributed by atoms with E-state index in [1.54, 1.807) is 28.8 Å². The zero-order valence-corrected chi connectivity index (χ0v) is 14.2. The summed E-state index contributed by atoms with van der Waals surface area (Å²) in [5.41, 5.74) is 1.21. The first-order chi connectivity index (χ1) is 10.6. The average Bonchev–Trinajstić information content (AvgIpc) is 2.88. The Morgan fingerprint density at radius 3 is 2.68 bits per heavy atom. The second kappa shape index (κ2) is 6.64. The number of rotatable bonds is 4. The second-order valence-corrected chi connectivity index (χ2v) is 6.77. The van der Waals surface area contributed by atoms with Gasteiger partial charge in [-0.3, -0.25) is 4.40 Å². The number of hydrogen-bond acceptors (Lipinski definition) is 4. The van der Waals surface area contributed by atoms with E-state index in [1.807, 2.05) is 12.1 Å². The third kappa shape index (κ3) is 3.19. The Morgan fingerprint density at radius 2 is 1.91 bits per heavy atom.